The van der Waals surface area contributed by atoms with Gasteiger partial charge < -0.3 is 10.3 Å². The number of nitrogens with zero attached hydrogens (tertiary/aromatic N) is 2. The van der Waals surface area contributed by atoms with Crippen LogP contribution in [-0.4, -0.2) is 24.9 Å². The Balaban J connectivity index is 2.27. The molecule has 0 amide bonds. The topological polar surface area (TPSA) is 89.4 Å². The summed E-state index contributed by atoms with van der Waals surface area (Å²) < 4.78 is 31.0. The van der Waals surface area contributed by atoms with Crippen LogP contribution in [0.25, 0.3) is 0 Å². The van der Waals surface area contributed by atoms with Crippen molar-refractivity contribution < 1.29 is 12.9 Å². The molecular weight excluding hydrogens is 278 g/mol. The highest BCUT2D eigenvalue weighted by Gasteiger charge is 2.22. The molecule has 0 saturated heterocycles. The Hall–Kier alpha value is -1.86. The van der Waals surface area contributed by atoms with Crippen LogP contribution in [0.15, 0.2) is 33.7 Å². The summed E-state index contributed by atoms with van der Waals surface area (Å²) in [5.74, 6) is 0.647. The lowest BCUT2D eigenvalue weighted by molar-refractivity contribution is 0.378. The number of aromatic nitrogens is 1. The molecule has 0 aliphatic carbocycles. The van der Waals surface area contributed by atoms with Gasteiger partial charge in [-0.25, -0.2) is 8.42 Å². The monoisotopic (exact) mass is 295 g/mol. The Morgan fingerprint density at radius 1 is 1.30 bits per heavy atom. The van der Waals surface area contributed by atoms with Crippen molar-refractivity contribution in [3.8, 4) is 0 Å². The number of benzene rings is 1. The van der Waals surface area contributed by atoms with E-state index in [1.54, 1.807) is 32.0 Å². The SMILES string of the molecule is Cc1cc(CN(C)S(=O)(=O)c2ccc(N)c(C)c2)no1. The van der Waals surface area contributed by atoms with Gasteiger partial charge in [-0.05, 0) is 37.6 Å². The van der Waals surface area contributed by atoms with E-state index in [-0.39, 0.29) is 11.4 Å². The molecule has 0 unspecified atom stereocenters. The molecule has 0 aliphatic rings. The van der Waals surface area contributed by atoms with E-state index in [9.17, 15) is 8.42 Å². The highest BCUT2D eigenvalue weighted by atomic mass is 32.2. The van der Waals surface area contributed by atoms with Gasteiger partial charge in [0.15, 0.2) is 0 Å². The highest BCUT2D eigenvalue weighted by molar-refractivity contribution is 7.89. The summed E-state index contributed by atoms with van der Waals surface area (Å²) in [5.41, 5.74) is 7.58. The van der Waals surface area contributed by atoms with Gasteiger partial charge in [0, 0.05) is 18.8 Å². The zero-order chi connectivity index (χ0) is 14.9. The molecule has 7 heteroatoms. The van der Waals surface area contributed by atoms with E-state index >= 15 is 0 Å². The van der Waals surface area contributed by atoms with E-state index < -0.39 is 10.0 Å². The minimum Gasteiger partial charge on any atom is -0.399 e. The molecule has 0 aliphatic heterocycles. The zero-order valence-corrected chi connectivity index (χ0v) is 12.4. The third kappa shape index (κ3) is 2.83. The molecule has 2 aromatic rings. The number of aryl methyl sites for hydroxylation is 2. The molecule has 1 aromatic carbocycles. The van der Waals surface area contributed by atoms with Crippen LogP contribution in [0.5, 0.6) is 0 Å². The number of hydrogen-bond acceptors (Lipinski definition) is 5. The number of rotatable bonds is 4. The molecule has 20 heavy (non-hydrogen) atoms. The largest absolute Gasteiger partial charge is 0.399 e. The van der Waals surface area contributed by atoms with Crippen LogP contribution in [0.2, 0.25) is 0 Å². The van der Waals surface area contributed by atoms with E-state index in [0.29, 0.717) is 17.1 Å². The van der Waals surface area contributed by atoms with Gasteiger partial charge >= 0.3 is 0 Å². The minimum absolute atomic E-state index is 0.156. The second kappa shape index (κ2) is 5.26. The lowest BCUT2D eigenvalue weighted by Crippen LogP contribution is -2.26. The predicted octanol–water partition coefficient (Wildman–Crippen LogP) is 1.69. The van der Waals surface area contributed by atoms with Crippen molar-refractivity contribution in [1.82, 2.24) is 9.46 Å². The second-order valence-electron chi connectivity index (χ2n) is 4.71. The van der Waals surface area contributed by atoms with Crippen molar-refractivity contribution >= 4 is 15.7 Å². The summed E-state index contributed by atoms with van der Waals surface area (Å²) in [7, 11) is -2.07. The number of hydrogen-bond donors (Lipinski definition) is 1. The van der Waals surface area contributed by atoms with E-state index in [4.69, 9.17) is 10.3 Å². The third-order valence-corrected chi connectivity index (χ3v) is 4.81. The van der Waals surface area contributed by atoms with Crippen LogP contribution in [0.1, 0.15) is 17.0 Å². The van der Waals surface area contributed by atoms with Gasteiger partial charge in [0.1, 0.15) is 5.76 Å². The van der Waals surface area contributed by atoms with E-state index in [2.05, 4.69) is 5.16 Å². The Bertz CT molecular complexity index is 722. The third-order valence-electron chi connectivity index (χ3n) is 3.01. The van der Waals surface area contributed by atoms with E-state index in [1.807, 2.05) is 0 Å². The van der Waals surface area contributed by atoms with Gasteiger partial charge in [-0.3, -0.25) is 0 Å². The maximum atomic E-state index is 12.4. The fraction of sp³-hybridized carbons (Fsp3) is 0.308. The average molecular weight is 295 g/mol. The molecule has 0 atom stereocenters. The second-order valence-corrected chi connectivity index (χ2v) is 6.75. The number of sulfonamides is 1. The molecule has 0 radical (unpaired) electrons. The summed E-state index contributed by atoms with van der Waals surface area (Å²) in [5, 5.41) is 3.79. The molecular formula is C13H17N3O3S. The summed E-state index contributed by atoms with van der Waals surface area (Å²) >= 11 is 0. The van der Waals surface area contributed by atoms with Crippen LogP contribution < -0.4 is 5.73 Å². The molecule has 0 bridgehead atoms. The number of anilines is 1. The van der Waals surface area contributed by atoms with Crippen LogP contribution in [0, 0.1) is 13.8 Å². The summed E-state index contributed by atoms with van der Waals surface area (Å²) in [4.78, 5) is 0.215. The molecule has 2 rings (SSSR count). The first-order valence-electron chi connectivity index (χ1n) is 6.05. The van der Waals surface area contributed by atoms with E-state index in [0.717, 1.165) is 5.56 Å². The summed E-state index contributed by atoms with van der Waals surface area (Å²) in [6.07, 6.45) is 0. The van der Waals surface area contributed by atoms with Gasteiger partial charge in [0.25, 0.3) is 0 Å². The van der Waals surface area contributed by atoms with Gasteiger partial charge in [0.05, 0.1) is 17.1 Å². The Morgan fingerprint density at radius 2 is 2.00 bits per heavy atom. The molecule has 108 valence electrons. The van der Waals surface area contributed by atoms with Crippen molar-refractivity contribution in [2.45, 2.75) is 25.3 Å². The number of nitrogen functional groups attached to an aromatic ring is 1. The average Bonchev–Trinajstić information content (AvgIpc) is 2.78. The lowest BCUT2D eigenvalue weighted by atomic mass is 10.2. The van der Waals surface area contributed by atoms with Crippen molar-refractivity contribution in [3.63, 3.8) is 0 Å². The van der Waals surface area contributed by atoms with Crippen molar-refractivity contribution in [2.24, 2.45) is 0 Å². The van der Waals surface area contributed by atoms with Gasteiger partial charge in [0.2, 0.25) is 10.0 Å². The van der Waals surface area contributed by atoms with Gasteiger partial charge in [-0.1, -0.05) is 5.16 Å². The smallest absolute Gasteiger partial charge is 0.243 e. The Labute approximate surface area is 118 Å². The first kappa shape index (κ1) is 14.5. The highest BCUT2D eigenvalue weighted by Crippen LogP contribution is 2.21. The van der Waals surface area contributed by atoms with Gasteiger partial charge in [-0.15, -0.1) is 0 Å². The standard InChI is InChI=1S/C13H17N3O3S/c1-9-6-12(4-5-13(9)14)20(17,18)16(3)8-11-7-10(2)19-15-11/h4-7H,8,14H2,1-3H3. The first-order valence-corrected chi connectivity index (χ1v) is 7.49. The predicted molar refractivity (Wildman–Crippen MR) is 75.5 cm³/mol. The molecule has 0 spiro atoms. The molecule has 6 nitrogen and oxygen atoms in total. The Morgan fingerprint density at radius 3 is 2.55 bits per heavy atom. The Kier molecular flexibility index (Phi) is 3.82. The summed E-state index contributed by atoms with van der Waals surface area (Å²) in [6.45, 7) is 3.69. The van der Waals surface area contributed by atoms with Crippen LogP contribution in [0.4, 0.5) is 5.69 Å². The van der Waals surface area contributed by atoms with E-state index in [1.165, 1.54) is 17.4 Å². The van der Waals surface area contributed by atoms with Gasteiger partial charge in [-0.2, -0.15) is 4.31 Å². The fourth-order valence-electron chi connectivity index (χ4n) is 1.79. The fourth-order valence-corrected chi connectivity index (χ4v) is 3.02. The molecule has 2 N–H and O–H groups in total. The molecule has 0 fully saturated rings. The van der Waals surface area contributed by atoms with Crippen molar-refractivity contribution in [2.75, 3.05) is 12.8 Å². The first-order chi connectivity index (χ1) is 9.30. The van der Waals surface area contributed by atoms with Crippen LogP contribution in [-0.2, 0) is 16.6 Å². The molecule has 1 aromatic heterocycles. The van der Waals surface area contributed by atoms with Crippen molar-refractivity contribution in [3.05, 3.63) is 41.3 Å². The lowest BCUT2D eigenvalue weighted by Gasteiger charge is -2.16. The van der Waals surface area contributed by atoms with Crippen LogP contribution in [0.3, 0.4) is 0 Å². The molecule has 1 heterocycles. The zero-order valence-electron chi connectivity index (χ0n) is 11.6. The summed E-state index contributed by atoms with van der Waals surface area (Å²) in [6, 6.07) is 6.37. The maximum Gasteiger partial charge on any atom is 0.243 e. The normalized spacial score (nSPS) is 12.0. The maximum absolute atomic E-state index is 12.4. The number of nitrogens with two attached hydrogens (primary N) is 1. The van der Waals surface area contributed by atoms with Crippen molar-refractivity contribution in [1.29, 1.82) is 0 Å². The molecule has 0 saturated carbocycles. The van der Waals surface area contributed by atoms with Crippen LogP contribution >= 0.6 is 0 Å². The minimum atomic E-state index is -3.57. The quantitative estimate of drug-likeness (QED) is 0.867.